The second kappa shape index (κ2) is 7.84. The van der Waals surface area contributed by atoms with Crippen LogP contribution in [-0.4, -0.2) is 32.4 Å². The Hall–Kier alpha value is -2.53. The Morgan fingerprint density at radius 3 is 2.71 bits per heavy atom. The normalized spacial score (nSPS) is 16.6. The molecule has 2 aromatic carbocycles. The van der Waals surface area contributed by atoms with Crippen molar-refractivity contribution in [2.45, 2.75) is 19.1 Å². The molecular weight excluding hydrogens is 308 g/mol. The lowest BCUT2D eigenvalue weighted by Gasteiger charge is -2.17. The predicted molar refractivity (Wildman–Crippen MR) is 88.4 cm³/mol. The van der Waals surface area contributed by atoms with Crippen molar-refractivity contribution in [2.75, 3.05) is 20.3 Å². The van der Waals surface area contributed by atoms with Crippen molar-refractivity contribution in [3.63, 3.8) is 0 Å². The zero-order valence-electron chi connectivity index (χ0n) is 13.6. The molecule has 0 aliphatic carbocycles. The van der Waals surface area contributed by atoms with Crippen LogP contribution < -0.4 is 9.47 Å². The monoisotopic (exact) mass is 328 g/mol. The summed E-state index contributed by atoms with van der Waals surface area (Å²) in [5, 5.41) is 0. The minimum atomic E-state index is -0.405. The van der Waals surface area contributed by atoms with Crippen molar-refractivity contribution in [2.24, 2.45) is 0 Å². The number of hydrogen-bond acceptors (Lipinski definition) is 5. The number of esters is 1. The molecule has 1 atom stereocenters. The molecule has 0 aromatic heterocycles. The van der Waals surface area contributed by atoms with E-state index in [0.717, 1.165) is 12.0 Å². The SMILES string of the molecule is COC(=O)c1ccc(OCc2ccccc2)c(OC2CCOC2)c1. The van der Waals surface area contributed by atoms with Gasteiger partial charge in [-0.25, -0.2) is 4.79 Å². The fraction of sp³-hybridized carbons (Fsp3) is 0.316. The van der Waals surface area contributed by atoms with Crippen molar-refractivity contribution in [3.05, 3.63) is 59.7 Å². The average Bonchev–Trinajstić information content (AvgIpc) is 3.14. The van der Waals surface area contributed by atoms with Crippen molar-refractivity contribution < 1.29 is 23.7 Å². The van der Waals surface area contributed by atoms with E-state index in [1.54, 1.807) is 18.2 Å². The van der Waals surface area contributed by atoms with Gasteiger partial charge in [0.15, 0.2) is 11.5 Å². The van der Waals surface area contributed by atoms with E-state index < -0.39 is 5.97 Å². The highest BCUT2D eigenvalue weighted by molar-refractivity contribution is 5.90. The summed E-state index contributed by atoms with van der Waals surface area (Å²) in [5.74, 6) is 0.722. The maximum absolute atomic E-state index is 11.8. The van der Waals surface area contributed by atoms with E-state index in [-0.39, 0.29) is 6.10 Å². The highest BCUT2D eigenvalue weighted by atomic mass is 16.6. The van der Waals surface area contributed by atoms with Crippen LogP contribution in [0.1, 0.15) is 22.3 Å². The van der Waals surface area contributed by atoms with Crippen LogP contribution in [-0.2, 0) is 16.1 Å². The molecule has 0 bridgehead atoms. The summed E-state index contributed by atoms with van der Waals surface area (Å²) < 4.78 is 22.0. The van der Waals surface area contributed by atoms with Crippen LogP contribution in [0.25, 0.3) is 0 Å². The molecule has 5 heteroatoms. The van der Waals surface area contributed by atoms with Gasteiger partial charge in [-0.2, -0.15) is 0 Å². The van der Waals surface area contributed by atoms with E-state index >= 15 is 0 Å². The molecule has 5 nitrogen and oxygen atoms in total. The predicted octanol–water partition coefficient (Wildman–Crippen LogP) is 3.22. The van der Waals surface area contributed by atoms with E-state index in [4.69, 9.17) is 18.9 Å². The summed E-state index contributed by atoms with van der Waals surface area (Å²) in [6.45, 7) is 1.65. The highest BCUT2D eigenvalue weighted by Gasteiger charge is 2.20. The molecule has 0 radical (unpaired) electrons. The third kappa shape index (κ3) is 4.06. The molecule has 1 aliphatic heterocycles. The Bertz CT molecular complexity index is 677. The number of rotatable bonds is 6. The lowest BCUT2D eigenvalue weighted by molar-refractivity contribution is 0.0599. The average molecular weight is 328 g/mol. The van der Waals surface area contributed by atoms with Gasteiger partial charge in [-0.1, -0.05) is 30.3 Å². The van der Waals surface area contributed by atoms with Gasteiger partial charge in [0.1, 0.15) is 12.7 Å². The molecule has 0 N–H and O–H groups in total. The van der Waals surface area contributed by atoms with Gasteiger partial charge in [0.25, 0.3) is 0 Å². The topological polar surface area (TPSA) is 54.0 Å². The van der Waals surface area contributed by atoms with E-state index in [0.29, 0.717) is 36.9 Å². The molecule has 1 aliphatic rings. The maximum atomic E-state index is 11.8. The molecule has 0 amide bonds. The van der Waals surface area contributed by atoms with Crippen molar-refractivity contribution in [3.8, 4) is 11.5 Å². The minimum absolute atomic E-state index is 0.0306. The molecule has 24 heavy (non-hydrogen) atoms. The van der Waals surface area contributed by atoms with Crippen LogP contribution in [0.5, 0.6) is 11.5 Å². The Balaban J connectivity index is 1.78. The standard InChI is InChI=1S/C19H20O5/c1-21-19(20)15-7-8-17(23-12-14-5-3-2-4-6-14)18(11-15)24-16-9-10-22-13-16/h2-8,11,16H,9-10,12-13H2,1H3. The first-order chi connectivity index (χ1) is 11.8. The largest absolute Gasteiger partial charge is 0.485 e. The zero-order chi connectivity index (χ0) is 16.8. The molecule has 2 aromatic rings. The minimum Gasteiger partial charge on any atom is -0.485 e. The molecule has 3 rings (SSSR count). The second-order valence-electron chi connectivity index (χ2n) is 5.53. The number of benzene rings is 2. The van der Waals surface area contributed by atoms with Crippen LogP contribution >= 0.6 is 0 Å². The summed E-state index contributed by atoms with van der Waals surface area (Å²) in [4.78, 5) is 11.8. The maximum Gasteiger partial charge on any atom is 0.337 e. The molecule has 1 unspecified atom stereocenters. The van der Waals surface area contributed by atoms with E-state index in [1.165, 1.54) is 7.11 Å². The molecule has 1 heterocycles. The Morgan fingerprint density at radius 1 is 1.17 bits per heavy atom. The van der Waals surface area contributed by atoms with Crippen LogP contribution in [0.15, 0.2) is 48.5 Å². The second-order valence-corrected chi connectivity index (χ2v) is 5.53. The van der Waals surface area contributed by atoms with Crippen LogP contribution in [0.3, 0.4) is 0 Å². The van der Waals surface area contributed by atoms with E-state index in [1.807, 2.05) is 30.3 Å². The summed E-state index contributed by atoms with van der Waals surface area (Å²) in [6, 6.07) is 14.9. The van der Waals surface area contributed by atoms with Crippen molar-refractivity contribution in [1.82, 2.24) is 0 Å². The first-order valence-electron chi connectivity index (χ1n) is 7.90. The zero-order valence-corrected chi connectivity index (χ0v) is 13.6. The Kier molecular flexibility index (Phi) is 5.33. The number of hydrogen-bond donors (Lipinski definition) is 0. The van der Waals surface area contributed by atoms with Crippen LogP contribution in [0.4, 0.5) is 0 Å². The first kappa shape index (κ1) is 16.3. The van der Waals surface area contributed by atoms with Gasteiger partial charge in [-0.3, -0.25) is 0 Å². The molecule has 0 saturated carbocycles. The summed E-state index contributed by atoms with van der Waals surface area (Å²) in [7, 11) is 1.35. The van der Waals surface area contributed by atoms with Crippen LogP contribution in [0.2, 0.25) is 0 Å². The number of ether oxygens (including phenoxy) is 4. The van der Waals surface area contributed by atoms with E-state index in [9.17, 15) is 4.79 Å². The molecule has 1 fully saturated rings. The number of carbonyl (C=O) groups is 1. The van der Waals surface area contributed by atoms with E-state index in [2.05, 4.69) is 0 Å². The molecule has 0 spiro atoms. The third-order valence-electron chi connectivity index (χ3n) is 3.78. The molecular formula is C19H20O5. The summed E-state index contributed by atoms with van der Waals surface area (Å²) >= 11 is 0. The van der Waals surface area contributed by atoms with Gasteiger partial charge in [0.2, 0.25) is 0 Å². The highest BCUT2D eigenvalue weighted by Crippen LogP contribution is 2.31. The van der Waals surface area contributed by atoms with Crippen LogP contribution in [0, 0.1) is 0 Å². The van der Waals surface area contributed by atoms with Gasteiger partial charge in [0.05, 0.1) is 25.9 Å². The Morgan fingerprint density at radius 2 is 2.00 bits per heavy atom. The fourth-order valence-corrected chi connectivity index (χ4v) is 2.48. The molecule has 1 saturated heterocycles. The van der Waals surface area contributed by atoms with Gasteiger partial charge in [0, 0.05) is 6.42 Å². The Labute approximate surface area is 141 Å². The lowest BCUT2D eigenvalue weighted by Crippen LogP contribution is -2.16. The number of methoxy groups -OCH3 is 1. The summed E-state index contributed by atoms with van der Waals surface area (Å²) in [5.41, 5.74) is 1.49. The lowest BCUT2D eigenvalue weighted by atomic mass is 10.2. The van der Waals surface area contributed by atoms with Crippen molar-refractivity contribution in [1.29, 1.82) is 0 Å². The van der Waals surface area contributed by atoms with Gasteiger partial charge < -0.3 is 18.9 Å². The fourth-order valence-electron chi connectivity index (χ4n) is 2.48. The quantitative estimate of drug-likeness (QED) is 0.762. The third-order valence-corrected chi connectivity index (χ3v) is 3.78. The van der Waals surface area contributed by atoms with Crippen molar-refractivity contribution >= 4 is 5.97 Å². The molecule has 126 valence electrons. The smallest absolute Gasteiger partial charge is 0.337 e. The summed E-state index contributed by atoms with van der Waals surface area (Å²) in [6.07, 6.45) is 0.789. The number of carbonyl (C=O) groups excluding carboxylic acids is 1. The first-order valence-corrected chi connectivity index (χ1v) is 7.90. The van der Waals surface area contributed by atoms with Gasteiger partial charge in [-0.15, -0.1) is 0 Å². The van der Waals surface area contributed by atoms with Gasteiger partial charge in [-0.05, 0) is 23.8 Å². The van der Waals surface area contributed by atoms with Gasteiger partial charge >= 0.3 is 5.97 Å².